The van der Waals surface area contributed by atoms with Gasteiger partial charge in [0.2, 0.25) is 0 Å². The molecule has 0 saturated heterocycles. The van der Waals surface area contributed by atoms with E-state index >= 15 is 0 Å². The number of hydrogen-bond donors (Lipinski definition) is 1. The molecule has 0 aliphatic carbocycles. The highest BCUT2D eigenvalue weighted by Crippen LogP contribution is 2.25. The first kappa shape index (κ1) is 15.1. The average Bonchev–Trinajstić information content (AvgIpc) is 3.17. The quantitative estimate of drug-likeness (QED) is 0.608. The van der Waals surface area contributed by atoms with E-state index < -0.39 is 6.04 Å². The summed E-state index contributed by atoms with van der Waals surface area (Å²) in [5, 5.41) is 4.00. The molecule has 4 heteroatoms. The zero-order chi connectivity index (χ0) is 17.1. The fourth-order valence-electron chi connectivity index (χ4n) is 3.03. The molecule has 2 aromatic carbocycles. The van der Waals surface area contributed by atoms with Crippen LogP contribution >= 0.6 is 0 Å². The molecule has 0 radical (unpaired) electrons. The minimum Gasteiger partial charge on any atom is -0.338 e. The van der Waals surface area contributed by atoms with Crippen LogP contribution in [-0.2, 0) is 4.79 Å². The van der Waals surface area contributed by atoms with E-state index in [1.165, 1.54) is 0 Å². The Bertz CT molecular complexity index is 989. The van der Waals surface area contributed by atoms with Crippen molar-refractivity contribution < 1.29 is 4.79 Å². The largest absolute Gasteiger partial charge is 0.338 e. The number of pyridine rings is 1. The molecule has 4 rings (SSSR count). The van der Waals surface area contributed by atoms with Gasteiger partial charge in [0, 0.05) is 24.0 Å². The Morgan fingerprint density at radius 1 is 0.880 bits per heavy atom. The summed E-state index contributed by atoms with van der Waals surface area (Å²) in [6.45, 7) is 0. The van der Waals surface area contributed by atoms with E-state index in [9.17, 15) is 4.79 Å². The Hall–Kier alpha value is -3.40. The number of amides is 1. The van der Waals surface area contributed by atoms with Crippen LogP contribution in [0.5, 0.6) is 0 Å². The second-order valence-corrected chi connectivity index (χ2v) is 5.81. The fourth-order valence-corrected chi connectivity index (χ4v) is 3.03. The van der Waals surface area contributed by atoms with Crippen molar-refractivity contribution in [1.29, 1.82) is 0 Å². The molecule has 1 atom stereocenters. The van der Waals surface area contributed by atoms with Crippen molar-refractivity contribution in [2.24, 2.45) is 0 Å². The number of nitrogens with zero attached hydrogens (tertiary/aromatic N) is 2. The predicted octanol–water partition coefficient (Wildman–Crippen LogP) is 4.26. The minimum absolute atomic E-state index is 0.0845. The Kier molecular flexibility index (Phi) is 4.01. The monoisotopic (exact) mass is 327 g/mol. The molecule has 25 heavy (non-hydrogen) atoms. The molecule has 0 aliphatic rings. The van der Waals surface area contributed by atoms with Crippen LogP contribution in [0, 0.1) is 0 Å². The van der Waals surface area contributed by atoms with Crippen molar-refractivity contribution in [3.8, 4) is 0 Å². The van der Waals surface area contributed by atoms with Crippen molar-refractivity contribution in [3.63, 3.8) is 0 Å². The number of aromatic nitrogens is 2. The first-order valence-electron chi connectivity index (χ1n) is 8.15. The van der Waals surface area contributed by atoms with Crippen LogP contribution in [0.15, 0.2) is 91.4 Å². The molecule has 0 fully saturated rings. The van der Waals surface area contributed by atoms with Gasteiger partial charge in [0.1, 0.15) is 6.04 Å². The molecule has 0 saturated carbocycles. The first-order chi connectivity index (χ1) is 12.3. The Labute approximate surface area is 145 Å². The van der Waals surface area contributed by atoms with Gasteiger partial charge in [0.25, 0.3) is 5.91 Å². The van der Waals surface area contributed by atoms with Crippen LogP contribution in [0.25, 0.3) is 10.9 Å². The summed E-state index contributed by atoms with van der Waals surface area (Å²) in [7, 11) is 0. The van der Waals surface area contributed by atoms with E-state index in [4.69, 9.17) is 0 Å². The highest BCUT2D eigenvalue weighted by Gasteiger charge is 2.22. The lowest BCUT2D eigenvalue weighted by atomic mass is 10.1. The van der Waals surface area contributed by atoms with E-state index in [0.717, 1.165) is 22.2 Å². The van der Waals surface area contributed by atoms with Gasteiger partial charge in [-0.05, 0) is 42.0 Å². The average molecular weight is 327 g/mol. The molecule has 4 aromatic rings. The molecular formula is C21H17N3O. The van der Waals surface area contributed by atoms with Crippen molar-refractivity contribution in [3.05, 3.63) is 97.0 Å². The molecule has 0 spiro atoms. The third-order valence-corrected chi connectivity index (χ3v) is 4.19. The third kappa shape index (κ3) is 3.02. The standard InChI is InChI=1S/C21H17N3O/c25-21(23-19-12-6-11-18-17(19)10-7-13-22-18)20(24-14-4-5-15-24)16-8-2-1-3-9-16/h1-15,20H,(H,23,25)/t20-/m1/s1. The van der Waals surface area contributed by atoms with Gasteiger partial charge in [-0.2, -0.15) is 0 Å². The van der Waals surface area contributed by atoms with E-state index in [0.29, 0.717) is 0 Å². The van der Waals surface area contributed by atoms with Gasteiger partial charge in [-0.25, -0.2) is 0 Å². The summed E-state index contributed by atoms with van der Waals surface area (Å²) in [5.41, 5.74) is 2.57. The topological polar surface area (TPSA) is 46.9 Å². The third-order valence-electron chi connectivity index (χ3n) is 4.19. The molecule has 0 unspecified atom stereocenters. The summed E-state index contributed by atoms with van der Waals surface area (Å²) in [6, 6.07) is 22.8. The number of carbonyl (C=O) groups excluding carboxylic acids is 1. The molecular weight excluding hydrogens is 310 g/mol. The fraction of sp³-hybridized carbons (Fsp3) is 0.0476. The Morgan fingerprint density at radius 3 is 2.48 bits per heavy atom. The van der Waals surface area contributed by atoms with Gasteiger partial charge in [0.05, 0.1) is 11.2 Å². The van der Waals surface area contributed by atoms with Crippen molar-refractivity contribution in [2.75, 3.05) is 5.32 Å². The summed E-state index contributed by atoms with van der Waals surface area (Å²) >= 11 is 0. The molecule has 122 valence electrons. The number of carbonyl (C=O) groups is 1. The number of anilines is 1. The minimum atomic E-state index is -0.428. The molecule has 0 aliphatic heterocycles. The van der Waals surface area contributed by atoms with Gasteiger partial charge in [-0.3, -0.25) is 9.78 Å². The van der Waals surface area contributed by atoms with E-state index in [1.54, 1.807) is 6.20 Å². The molecule has 1 amide bonds. The molecule has 2 heterocycles. The van der Waals surface area contributed by atoms with Gasteiger partial charge in [0.15, 0.2) is 0 Å². The lowest BCUT2D eigenvalue weighted by Gasteiger charge is -2.19. The smallest absolute Gasteiger partial charge is 0.252 e. The van der Waals surface area contributed by atoms with Crippen LogP contribution in [0.2, 0.25) is 0 Å². The molecule has 2 aromatic heterocycles. The van der Waals surface area contributed by atoms with Gasteiger partial charge in [-0.15, -0.1) is 0 Å². The maximum atomic E-state index is 13.1. The predicted molar refractivity (Wildman–Crippen MR) is 99.4 cm³/mol. The number of benzene rings is 2. The zero-order valence-corrected chi connectivity index (χ0v) is 13.5. The lowest BCUT2D eigenvalue weighted by molar-refractivity contribution is -0.118. The Morgan fingerprint density at radius 2 is 1.68 bits per heavy atom. The normalized spacial score (nSPS) is 12.0. The number of hydrogen-bond acceptors (Lipinski definition) is 2. The van der Waals surface area contributed by atoms with Crippen LogP contribution in [-0.4, -0.2) is 15.5 Å². The van der Waals surface area contributed by atoms with Gasteiger partial charge in [-0.1, -0.05) is 36.4 Å². The van der Waals surface area contributed by atoms with Gasteiger partial charge >= 0.3 is 0 Å². The second kappa shape index (κ2) is 6.61. The highest BCUT2D eigenvalue weighted by atomic mass is 16.2. The highest BCUT2D eigenvalue weighted by molar-refractivity contribution is 6.03. The SMILES string of the molecule is O=C(Nc1cccc2ncccc12)[C@@H](c1ccccc1)n1cccc1. The van der Waals surface area contributed by atoms with E-state index in [-0.39, 0.29) is 5.91 Å². The maximum Gasteiger partial charge on any atom is 0.252 e. The second-order valence-electron chi connectivity index (χ2n) is 5.81. The molecule has 4 nitrogen and oxygen atoms in total. The summed E-state index contributed by atoms with van der Waals surface area (Å²) in [4.78, 5) is 17.4. The first-order valence-corrected chi connectivity index (χ1v) is 8.15. The summed E-state index contributed by atoms with van der Waals surface area (Å²) in [5.74, 6) is -0.0845. The van der Waals surface area contributed by atoms with Crippen LogP contribution in [0.1, 0.15) is 11.6 Å². The van der Waals surface area contributed by atoms with Crippen LogP contribution in [0.4, 0.5) is 5.69 Å². The zero-order valence-electron chi connectivity index (χ0n) is 13.5. The van der Waals surface area contributed by atoms with Gasteiger partial charge < -0.3 is 9.88 Å². The lowest BCUT2D eigenvalue weighted by Crippen LogP contribution is -2.26. The molecule has 1 N–H and O–H groups in total. The Balaban J connectivity index is 1.72. The van der Waals surface area contributed by atoms with E-state index in [2.05, 4.69) is 10.3 Å². The summed E-state index contributed by atoms with van der Waals surface area (Å²) in [6.07, 6.45) is 5.56. The van der Waals surface area contributed by atoms with Crippen molar-refractivity contribution >= 4 is 22.5 Å². The van der Waals surface area contributed by atoms with Crippen LogP contribution < -0.4 is 5.32 Å². The maximum absolute atomic E-state index is 13.1. The van der Waals surface area contributed by atoms with Crippen molar-refractivity contribution in [1.82, 2.24) is 9.55 Å². The number of rotatable bonds is 4. The summed E-state index contributed by atoms with van der Waals surface area (Å²) < 4.78 is 1.91. The number of nitrogens with one attached hydrogen (secondary N) is 1. The number of fused-ring (bicyclic) bond motifs is 1. The molecule has 0 bridgehead atoms. The van der Waals surface area contributed by atoms with Crippen LogP contribution in [0.3, 0.4) is 0 Å². The van der Waals surface area contributed by atoms with E-state index in [1.807, 2.05) is 89.8 Å². The van der Waals surface area contributed by atoms with Crippen molar-refractivity contribution in [2.45, 2.75) is 6.04 Å².